The zero-order valence-corrected chi connectivity index (χ0v) is 7.81. The Morgan fingerprint density at radius 3 is 3.23 bits per heavy atom. The average Bonchev–Trinajstić information content (AvgIpc) is 2.67. The number of anilines is 1. The number of rotatable bonds is 2. The molecular formula is C8H10FN2OS. The number of nitrogens with two attached hydrogens (primary N) is 1. The zero-order valence-electron chi connectivity index (χ0n) is 7.00. The van der Waals surface area contributed by atoms with E-state index >= 15 is 0 Å². The van der Waals surface area contributed by atoms with Crippen molar-refractivity contribution in [2.75, 3.05) is 5.73 Å². The van der Waals surface area contributed by atoms with Gasteiger partial charge in [0, 0.05) is 10.9 Å². The summed E-state index contributed by atoms with van der Waals surface area (Å²) < 4.78 is 13.1. The summed E-state index contributed by atoms with van der Waals surface area (Å²) in [6, 6.07) is 0. The Morgan fingerprint density at radius 1 is 1.85 bits per heavy atom. The molecule has 0 aromatic carbocycles. The lowest BCUT2D eigenvalue weighted by Crippen LogP contribution is -2.30. The minimum absolute atomic E-state index is 0.174. The van der Waals surface area contributed by atoms with E-state index < -0.39 is 6.30 Å². The third kappa shape index (κ3) is 1.38. The van der Waals surface area contributed by atoms with E-state index in [4.69, 9.17) is 10.6 Å². The highest BCUT2D eigenvalue weighted by molar-refractivity contribution is 7.14. The van der Waals surface area contributed by atoms with Crippen LogP contribution in [-0.4, -0.2) is 11.4 Å². The fraction of sp³-hybridized carbons (Fsp3) is 0.375. The third-order valence-corrected chi connectivity index (χ3v) is 2.80. The second-order valence-electron chi connectivity index (χ2n) is 2.83. The molecule has 1 unspecified atom stereocenters. The Kier molecular flexibility index (Phi) is 2.13. The smallest absolute Gasteiger partial charge is 0.185 e. The van der Waals surface area contributed by atoms with Crippen molar-refractivity contribution in [3.8, 4) is 5.75 Å². The number of nitrogens with zero attached hydrogens (tertiary/aromatic N) is 1. The van der Waals surface area contributed by atoms with Gasteiger partial charge in [-0.1, -0.05) is 0 Å². The van der Waals surface area contributed by atoms with E-state index in [1.807, 2.05) is 0 Å². The van der Waals surface area contributed by atoms with Gasteiger partial charge in [-0.3, -0.25) is 0 Å². The number of hydrogen-bond donors (Lipinski definition) is 1. The van der Waals surface area contributed by atoms with Crippen molar-refractivity contribution in [2.24, 2.45) is 0 Å². The average molecular weight is 201 g/mol. The molecule has 5 heteroatoms. The molecule has 13 heavy (non-hydrogen) atoms. The van der Waals surface area contributed by atoms with Gasteiger partial charge in [-0.2, -0.15) is 0 Å². The molecule has 2 heterocycles. The first kappa shape index (κ1) is 8.77. The summed E-state index contributed by atoms with van der Waals surface area (Å²) in [6.45, 7) is 3.89. The first-order valence-corrected chi connectivity index (χ1v) is 4.84. The van der Waals surface area contributed by atoms with Crippen LogP contribution < -0.4 is 10.6 Å². The lowest BCUT2D eigenvalue weighted by molar-refractivity contribution is -0.127. The SMILES string of the molecule is [CH2]CC(F)N1Cc2c(csc2N)O1. The molecule has 1 radical (unpaired) electrons. The van der Waals surface area contributed by atoms with Gasteiger partial charge in [-0.25, -0.2) is 4.39 Å². The Labute approximate surface area is 79.9 Å². The number of fused-ring (bicyclic) bond motifs is 1. The standard InChI is InChI=1S/C8H10FN2OS/c1-2-7(9)11-3-5-6(12-11)4-13-8(5)10/h4,7H,1-3,10H2. The van der Waals surface area contributed by atoms with Gasteiger partial charge in [0.1, 0.15) is 0 Å². The Hall–Kier alpha value is -0.810. The van der Waals surface area contributed by atoms with E-state index in [0.29, 0.717) is 17.3 Å². The molecule has 1 aliphatic rings. The molecule has 0 aliphatic carbocycles. The van der Waals surface area contributed by atoms with Gasteiger partial charge in [0.25, 0.3) is 0 Å². The molecule has 1 aliphatic heterocycles. The van der Waals surface area contributed by atoms with Gasteiger partial charge >= 0.3 is 0 Å². The highest BCUT2D eigenvalue weighted by atomic mass is 32.1. The Bertz CT molecular complexity index is 315. The van der Waals surface area contributed by atoms with Crippen LogP contribution in [0.1, 0.15) is 12.0 Å². The number of hydroxylamine groups is 2. The van der Waals surface area contributed by atoms with E-state index in [0.717, 1.165) is 5.56 Å². The highest BCUT2D eigenvalue weighted by Crippen LogP contribution is 2.38. The monoisotopic (exact) mass is 201 g/mol. The maximum Gasteiger partial charge on any atom is 0.185 e. The van der Waals surface area contributed by atoms with Gasteiger partial charge in [-0.15, -0.1) is 16.4 Å². The molecule has 0 saturated heterocycles. The van der Waals surface area contributed by atoms with Gasteiger partial charge in [-0.05, 0) is 13.3 Å². The number of alkyl halides is 1. The molecule has 1 aromatic rings. The van der Waals surface area contributed by atoms with Crippen molar-refractivity contribution in [2.45, 2.75) is 19.3 Å². The van der Waals surface area contributed by atoms with Gasteiger partial charge in [0.15, 0.2) is 12.0 Å². The van der Waals surface area contributed by atoms with E-state index in [1.54, 1.807) is 5.38 Å². The zero-order chi connectivity index (χ0) is 9.42. The molecule has 0 saturated carbocycles. The van der Waals surface area contributed by atoms with Crippen LogP contribution in [0.25, 0.3) is 0 Å². The number of halogens is 1. The maximum atomic E-state index is 13.1. The van der Waals surface area contributed by atoms with Gasteiger partial charge in [0.05, 0.1) is 11.5 Å². The Morgan fingerprint density at radius 2 is 2.62 bits per heavy atom. The lowest BCUT2D eigenvalue weighted by Gasteiger charge is -2.17. The fourth-order valence-electron chi connectivity index (χ4n) is 1.23. The molecule has 1 aromatic heterocycles. The fourth-order valence-corrected chi connectivity index (χ4v) is 1.95. The second kappa shape index (κ2) is 3.16. The number of thiophene rings is 1. The molecule has 2 N–H and O–H groups in total. The summed E-state index contributed by atoms with van der Waals surface area (Å²) in [7, 11) is 0. The second-order valence-corrected chi connectivity index (χ2v) is 3.74. The van der Waals surface area contributed by atoms with E-state index in [9.17, 15) is 4.39 Å². The number of nitrogen functional groups attached to an aromatic ring is 1. The largest absolute Gasteiger partial charge is 0.401 e. The minimum atomic E-state index is -1.16. The minimum Gasteiger partial charge on any atom is -0.401 e. The molecule has 0 spiro atoms. The van der Waals surface area contributed by atoms with E-state index in [-0.39, 0.29) is 6.42 Å². The van der Waals surface area contributed by atoms with E-state index in [2.05, 4.69) is 6.92 Å². The van der Waals surface area contributed by atoms with Crippen molar-refractivity contribution in [3.63, 3.8) is 0 Å². The Balaban J connectivity index is 2.14. The first-order valence-electron chi connectivity index (χ1n) is 3.96. The summed E-state index contributed by atoms with van der Waals surface area (Å²) in [5, 5.41) is 3.76. The summed E-state index contributed by atoms with van der Waals surface area (Å²) in [5.74, 6) is 0.679. The quantitative estimate of drug-likeness (QED) is 0.743. The molecule has 3 nitrogen and oxygen atoms in total. The number of hydrogen-bond acceptors (Lipinski definition) is 4. The topological polar surface area (TPSA) is 38.5 Å². The van der Waals surface area contributed by atoms with Crippen molar-refractivity contribution in [1.29, 1.82) is 0 Å². The van der Waals surface area contributed by atoms with Crippen LogP contribution in [0.3, 0.4) is 0 Å². The normalized spacial score (nSPS) is 18.3. The molecule has 2 rings (SSSR count). The van der Waals surface area contributed by atoms with Crippen molar-refractivity contribution < 1.29 is 9.23 Å². The van der Waals surface area contributed by atoms with Gasteiger partial charge in [0.2, 0.25) is 0 Å². The van der Waals surface area contributed by atoms with Crippen LogP contribution >= 0.6 is 11.3 Å². The molecule has 1 atom stereocenters. The first-order chi connectivity index (χ1) is 6.22. The van der Waals surface area contributed by atoms with Crippen LogP contribution in [-0.2, 0) is 6.54 Å². The summed E-state index contributed by atoms with van der Waals surface area (Å²) in [5.41, 5.74) is 6.56. The molecule has 0 fully saturated rings. The van der Waals surface area contributed by atoms with Crippen LogP contribution in [0.2, 0.25) is 0 Å². The lowest BCUT2D eigenvalue weighted by atomic mass is 10.3. The van der Waals surface area contributed by atoms with E-state index in [1.165, 1.54) is 16.4 Å². The summed E-state index contributed by atoms with van der Waals surface area (Å²) in [6.07, 6.45) is -0.982. The summed E-state index contributed by atoms with van der Waals surface area (Å²) >= 11 is 1.42. The predicted molar refractivity (Wildman–Crippen MR) is 49.8 cm³/mol. The van der Waals surface area contributed by atoms with Crippen molar-refractivity contribution in [3.05, 3.63) is 17.9 Å². The molecule has 71 valence electrons. The van der Waals surface area contributed by atoms with Crippen molar-refractivity contribution >= 4 is 16.3 Å². The van der Waals surface area contributed by atoms with Crippen molar-refractivity contribution in [1.82, 2.24) is 5.06 Å². The molecular weight excluding hydrogens is 191 g/mol. The summed E-state index contributed by atoms with van der Waals surface area (Å²) in [4.78, 5) is 5.23. The van der Waals surface area contributed by atoms with Crippen LogP contribution in [0, 0.1) is 6.92 Å². The predicted octanol–water partition coefficient (Wildman–Crippen LogP) is 1.96. The van der Waals surface area contributed by atoms with Gasteiger partial charge < -0.3 is 10.6 Å². The van der Waals surface area contributed by atoms with Crippen LogP contribution in [0.15, 0.2) is 5.38 Å². The highest BCUT2D eigenvalue weighted by Gasteiger charge is 2.29. The third-order valence-electron chi connectivity index (χ3n) is 1.97. The van der Waals surface area contributed by atoms with Crippen LogP contribution in [0.4, 0.5) is 9.39 Å². The maximum absolute atomic E-state index is 13.1. The van der Waals surface area contributed by atoms with Crippen LogP contribution in [0.5, 0.6) is 5.75 Å². The molecule has 0 amide bonds. The molecule has 0 bridgehead atoms.